The fourth-order valence-electron chi connectivity index (χ4n) is 3.66. The molecule has 8 heteroatoms. The van der Waals surface area contributed by atoms with E-state index in [1.165, 1.54) is 11.3 Å². The van der Waals surface area contributed by atoms with Gasteiger partial charge in [0.15, 0.2) is 5.13 Å². The van der Waals surface area contributed by atoms with Crippen molar-refractivity contribution in [2.45, 2.75) is 13.3 Å². The number of hydrogen-bond donors (Lipinski definition) is 2. The van der Waals surface area contributed by atoms with E-state index in [0.29, 0.717) is 18.2 Å². The molecular formula is C22H20N4O3S. The van der Waals surface area contributed by atoms with Crippen molar-refractivity contribution in [3.8, 4) is 22.6 Å². The first-order valence-corrected chi connectivity index (χ1v) is 10.4. The molecule has 5 rings (SSSR count). The van der Waals surface area contributed by atoms with Crippen molar-refractivity contribution < 1.29 is 14.3 Å². The van der Waals surface area contributed by atoms with Gasteiger partial charge in [-0.1, -0.05) is 17.4 Å². The van der Waals surface area contributed by atoms with Crippen LogP contribution in [-0.2, 0) is 11.2 Å². The van der Waals surface area contributed by atoms with Crippen LogP contribution in [0.1, 0.15) is 11.3 Å². The monoisotopic (exact) mass is 420 g/mol. The number of thiazole rings is 1. The van der Waals surface area contributed by atoms with Crippen molar-refractivity contribution in [2.24, 2.45) is 5.92 Å². The van der Waals surface area contributed by atoms with Crippen molar-refractivity contribution in [1.29, 1.82) is 0 Å². The molecule has 4 aromatic rings. The summed E-state index contributed by atoms with van der Waals surface area (Å²) in [5.74, 6) is 1.20. The lowest BCUT2D eigenvalue weighted by atomic mass is 9.96. The Balaban J connectivity index is 1.34. The van der Waals surface area contributed by atoms with E-state index in [9.17, 15) is 4.79 Å². The van der Waals surface area contributed by atoms with E-state index in [4.69, 9.17) is 9.47 Å². The molecule has 0 spiro atoms. The molecule has 0 bridgehead atoms. The molecule has 0 fully saturated rings. The molecule has 2 aromatic heterocycles. The summed E-state index contributed by atoms with van der Waals surface area (Å²) in [6.07, 6.45) is 2.42. The van der Waals surface area contributed by atoms with E-state index < -0.39 is 0 Å². The summed E-state index contributed by atoms with van der Waals surface area (Å²) in [4.78, 5) is 17.4. The summed E-state index contributed by atoms with van der Waals surface area (Å²) in [6, 6.07) is 11.7. The third-order valence-corrected chi connectivity index (χ3v) is 6.24. The number of aryl methyl sites for hydroxylation is 1. The first-order chi connectivity index (χ1) is 14.6. The Morgan fingerprint density at radius 1 is 1.30 bits per heavy atom. The minimum absolute atomic E-state index is 0.0894. The molecular weight excluding hydrogens is 400 g/mol. The Hall–Kier alpha value is -3.39. The number of rotatable bonds is 4. The van der Waals surface area contributed by atoms with Crippen LogP contribution in [0.25, 0.3) is 21.3 Å². The standard InChI is InChI=1S/C22H20N4O3S/c1-12-17(10-23-26-12)13-3-5-18-20(9-13)30-22(24-18)25-21(27)15-7-14-8-16(28-2)4-6-19(14)29-11-15/h3-6,8-10,15H,7,11H2,1-2H3,(H,23,26)(H,24,25,27). The first kappa shape index (κ1) is 18.6. The molecule has 1 unspecified atom stereocenters. The summed E-state index contributed by atoms with van der Waals surface area (Å²) in [7, 11) is 1.63. The van der Waals surface area contributed by atoms with Gasteiger partial charge in [0.05, 0.1) is 29.4 Å². The smallest absolute Gasteiger partial charge is 0.233 e. The van der Waals surface area contributed by atoms with Gasteiger partial charge in [0, 0.05) is 11.3 Å². The summed E-state index contributed by atoms with van der Waals surface area (Å²) >= 11 is 1.46. The number of amides is 1. The van der Waals surface area contributed by atoms with Gasteiger partial charge in [0.1, 0.15) is 18.1 Å². The molecule has 1 amide bonds. The molecule has 30 heavy (non-hydrogen) atoms. The molecule has 2 N–H and O–H groups in total. The lowest BCUT2D eigenvalue weighted by Gasteiger charge is -2.24. The van der Waals surface area contributed by atoms with Crippen molar-refractivity contribution in [1.82, 2.24) is 15.2 Å². The Labute approximate surface area is 177 Å². The number of fused-ring (bicyclic) bond motifs is 2. The Kier molecular flexibility index (Phi) is 4.63. The molecule has 0 radical (unpaired) electrons. The normalized spacial score (nSPS) is 15.5. The molecule has 7 nitrogen and oxygen atoms in total. The Morgan fingerprint density at radius 3 is 3.00 bits per heavy atom. The number of H-pyrrole nitrogens is 1. The van der Waals surface area contributed by atoms with E-state index in [1.54, 1.807) is 7.11 Å². The Bertz CT molecular complexity index is 1250. The Morgan fingerprint density at radius 2 is 2.20 bits per heavy atom. The van der Waals surface area contributed by atoms with Gasteiger partial charge in [0.25, 0.3) is 0 Å². The van der Waals surface area contributed by atoms with Crippen LogP contribution in [0.15, 0.2) is 42.6 Å². The number of carbonyl (C=O) groups excluding carboxylic acids is 1. The van der Waals surface area contributed by atoms with E-state index in [1.807, 2.05) is 43.5 Å². The summed E-state index contributed by atoms with van der Waals surface area (Å²) in [6.45, 7) is 2.34. The number of nitrogens with zero attached hydrogens (tertiary/aromatic N) is 2. The second-order valence-electron chi connectivity index (χ2n) is 7.29. The number of benzene rings is 2. The second-order valence-corrected chi connectivity index (χ2v) is 8.32. The molecule has 0 aliphatic carbocycles. The van der Waals surface area contributed by atoms with Gasteiger partial charge in [-0.3, -0.25) is 9.89 Å². The zero-order chi connectivity index (χ0) is 20.7. The number of anilines is 1. The lowest BCUT2D eigenvalue weighted by Crippen LogP contribution is -2.32. The highest BCUT2D eigenvalue weighted by Gasteiger charge is 2.27. The average Bonchev–Trinajstić information content (AvgIpc) is 3.37. The van der Waals surface area contributed by atoms with E-state index in [0.717, 1.165) is 44.1 Å². The molecule has 152 valence electrons. The molecule has 1 aliphatic heterocycles. The van der Waals surface area contributed by atoms with Crippen LogP contribution < -0.4 is 14.8 Å². The third kappa shape index (κ3) is 3.39. The molecule has 2 aromatic carbocycles. The number of ether oxygens (including phenoxy) is 2. The van der Waals surface area contributed by atoms with Crippen LogP contribution >= 0.6 is 11.3 Å². The number of hydrogen-bond acceptors (Lipinski definition) is 6. The molecule has 0 saturated carbocycles. The predicted octanol–water partition coefficient (Wildman–Crippen LogP) is 4.19. The van der Waals surface area contributed by atoms with Crippen LogP contribution in [0, 0.1) is 12.8 Å². The number of methoxy groups -OCH3 is 1. The SMILES string of the molecule is COc1ccc2c(c1)CC(C(=O)Nc1nc3ccc(-c4cn[nH]c4C)cc3s1)CO2. The van der Waals surface area contributed by atoms with Gasteiger partial charge in [-0.2, -0.15) is 5.10 Å². The highest BCUT2D eigenvalue weighted by molar-refractivity contribution is 7.22. The van der Waals surface area contributed by atoms with Gasteiger partial charge < -0.3 is 14.8 Å². The number of carbonyl (C=O) groups is 1. The maximum atomic E-state index is 12.8. The molecule has 1 atom stereocenters. The van der Waals surface area contributed by atoms with Crippen LogP contribution in [0.5, 0.6) is 11.5 Å². The van der Waals surface area contributed by atoms with E-state index >= 15 is 0 Å². The fourth-order valence-corrected chi connectivity index (χ4v) is 4.57. The van der Waals surface area contributed by atoms with Gasteiger partial charge in [-0.15, -0.1) is 0 Å². The third-order valence-electron chi connectivity index (χ3n) is 5.30. The van der Waals surface area contributed by atoms with Crippen molar-refractivity contribution >= 4 is 32.6 Å². The molecule has 3 heterocycles. The molecule has 0 saturated heterocycles. The topological polar surface area (TPSA) is 89.1 Å². The molecule has 1 aliphatic rings. The maximum absolute atomic E-state index is 12.8. The second kappa shape index (κ2) is 7.46. The van der Waals surface area contributed by atoms with Gasteiger partial charge in [0.2, 0.25) is 5.91 Å². The lowest BCUT2D eigenvalue weighted by molar-refractivity contribution is -0.121. The largest absolute Gasteiger partial charge is 0.497 e. The van der Waals surface area contributed by atoms with Crippen molar-refractivity contribution in [2.75, 3.05) is 19.0 Å². The number of aromatic amines is 1. The predicted molar refractivity (Wildman–Crippen MR) is 116 cm³/mol. The zero-order valence-corrected chi connectivity index (χ0v) is 17.4. The fraction of sp³-hybridized carbons (Fsp3) is 0.227. The van der Waals surface area contributed by atoms with Gasteiger partial charge in [-0.25, -0.2) is 4.98 Å². The summed E-state index contributed by atoms with van der Waals surface area (Å²) < 4.78 is 12.1. The first-order valence-electron chi connectivity index (χ1n) is 9.62. The zero-order valence-electron chi connectivity index (χ0n) is 16.6. The number of aromatic nitrogens is 3. The van der Waals surface area contributed by atoms with Gasteiger partial charge >= 0.3 is 0 Å². The summed E-state index contributed by atoms with van der Waals surface area (Å²) in [5, 5.41) is 10.6. The minimum atomic E-state index is -0.277. The van der Waals surface area contributed by atoms with Crippen molar-refractivity contribution in [3.05, 3.63) is 53.9 Å². The van der Waals surface area contributed by atoms with Gasteiger partial charge in [-0.05, 0) is 54.8 Å². The quantitative estimate of drug-likeness (QED) is 0.517. The van der Waals surface area contributed by atoms with E-state index in [-0.39, 0.29) is 11.8 Å². The highest BCUT2D eigenvalue weighted by atomic mass is 32.1. The average molecular weight is 420 g/mol. The van der Waals surface area contributed by atoms with Crippen LogP contribution in [0.3, 0.4) is 0 Å². The highest BCUT2D eigenvalue weighted by Crippen LogP contribution is 2.33. The van der Waals surface area contributed by atoms with Crippen molar-refractivity contribution in [3.63, 3.8) is 0 Å². The summed E-state index contributed by atoms with van der Waals surface area (Å²) in [5.41, 5.74) is 4.98. The maximum Gasteiger partial charge on any atom is 0.233 e. The number of nitrogens with one attached hydrogen (secondary N) is 2. The minimum Gasteiger partial charge on any atom is -0.497 e. The van der Waals surface area contributed by atoms with Crippen LogP contribution in [0.4, 0.5) is 5.13 Å². The van der Waals surface area contributed by atoms with Crippen LogP contribution in [0.2, 0.25) is 0 Å². The van der Waals surface area contributed by atoms with E-state index in [2.05, 4.69) is 26.6 Å². The van der Waals surface area contributed by atoms with Crippen LogP contribution in [-0.4, -0.2) is 34.8 Å².